The van der Waals surface area contributed by atoms with Crippen molar-refractivity contribution in [3.8, 4) is 0 Å². The van der Waals surface area contributed by atoms with Gasteiger partial charge in [-0.15, -0.1) is 0 Å². The van der Waals surface area contributed by atoms with Gasteiger partial charge in [-0.3, -0.25) is 4.79 Å². The highest BCUT2D eigenvalue weighted by molar-refractivity contribution is 6.09. The molecular weight excluding hydrogens is 252 g/mol. The zero-order valence-corrected chi connectivity index (χ0v) is 11.2. The number of carbonyl (C=O) groups excluding carboxylic acids is 1. The fourth-order valence-corrected chi connectivity index (χ4v) is 2.33. The van der Waals surface area contributed by atoms with E-state index in [1.807, 2.05) is 36.4 Å². The second kappa shape index (κ2) is 4.98. The first-order chi connectivity index (χ1) is 9.65. The summed E-state index contributed by atoms with van der Waals surface area (Å²) in [4.78, 5) is 15.3. The molecule has 0 aliphatic carbocycles. The first-order valence-corrected chi connectivity index (χ1v) is 6.62. The van der Waals surface area contributed by atoms with Crippen LogP contribution in [0.15, 0.2) is 42.5 Å². The first-order valence-electron chi connectivity index (χ1n) is 6.62. The largest absolute Gasteiger partial charge is 0.392 e. The quantitative estimate of drug-likeness (QED) is 0.683. The number of aliphatic hydroxyl groups excluding tert-OH is 1. The van der Waals surface area contributed by atoms with Crippen LogP contribution in [0.3, 0.4) is 0 Å². The first kappa shape index (κ1) is 12.7. The number of rotatable bonds is 3. The van der Waals surface area contributed by atoms with Crippen LogP contribution in [0.2, 0.25) is 0 Å². The molecule has 1 atom stereocenters. The van der Waals surface area contributed by atoms with E-state index in [9.17, 15) is 9.90 Å². The van der Waals surface area contributed by atoms with E-state index >= 15 is 0 Å². The lowest BCUT2D eigenvalue weighted by molar-refractivity contribution is 0.0924. The lowest BCUT2D eigenvalue weighted by Gasteiger charge is -2.07. The number of aromatic nitrogens is 1. The summed E-state index contributed by atoms with van der Waals surface area (Å²) in [6.45, 7) is 1.90. The second-order valence-corrected chi connectivity index (χ2v) is 4.99. The van der Waals surface area contributed by atoms with E-state index in [0.29, 0.717) is 5.56 Å². The van der Waals surface area contributed by atoms with E-state index in [1.165, 1.54) is 0 Å². The Morgan fingerprint density at radius 2 is 1.95 bits per heavy atom. The Bertz CT molecular complexity index is 774. The molecule has 4 nitrogen and oxygen atoms in total. The number of hydrogen-bond donors (Lipinski definition) is 3. The van der Waals surface area contributed by atoms with Crippen LogP contribution in [0.25, 0.3) is 21.8 Å². The summed E-state index contributed by atoms with van der Waals surface area (Å²) in [7, 11) is 0. The zero-order valence-electron chi connectivity index (χ0n) is 11.2. The molecular formula is C16H16N2O2. The molecule has 0 spiro atoms. The molecule has 3 rings (SSSR count). The number of fused-ring (bicyclic) bond motifs is 3. The molecule has 3 aromatic rings. The SMILES string of the molecule is CC(O)CNC(=O)c1ccc2[nH]c3ccccc3c2c1. The number of nitrogens with one attached hydrogen (secondary N) is 2. The topological polar surface area (TPSA) is 65.1 Å². The average molecular weight is 268 g/mol. The Labute approximate surface area is 116 Å². The van der Waals surface area contributed by atoms with Gasteiger partial charge in [0.05, 0.1) is 6.10 Å². The number of hydrogen-bond acceptors (Lipinski definition) is 2. The average Bonchev–Trinajstić information content (AvgIpc) is 2.82. The predicted molar refractivity (Wildman–Crippen MR) is 79.8 cm³/mol. The highest BCUT2D eigenvalue weighted by Gasteiger charge is 2.09. The van der Waals surface area contributed by atoms with Crippen LogP contribution in [0.1, 0.15) is 17.3 Å². The number of aliphatic hydroxyl groups is 1. The lowest BCUT2D eigenvalue weighted by Crippen LogP contribution is -2.30. The van der Waals surface area contributed by atoms with E-state index in [4.69, 9.17) is 0 Å². The highest BCUT2D eigenvalue weighted by atomic mass is 16.3. The van der Waals surface area contributed by atoms with Crippen molar-refractivity contribution < 1.29 is 9.90 Å². The summed E-state index contributed by atoms with van der Waals surface area (Å²) < 4.78 is 0. The maximum Gasteiger partial charge on any atom is 0.251 e. The van der Waals surface area contributed by atoms with Gasteiger partial charge in [-0.1, -0.05) is 18.2 Å². The number of amides is 1. The van der Waals surface area contributed by atoms with Gasteiger partial charge in [0, 0.05) is 33.9 Å². The van der Waals surface area contributed by atoms with Gasteiger partial charge in [0.15, 0.2) is 0 Å². The van der Waals surface area contributed by atoms with Crippen molar-refractivity contribution in [3.63, 3.8) is 0 Å². The van der Waals surface area contributed by atoms with Gasteiger partial charge in [-0.25, -0.2) is 0 Å². The molecule has 1 aromatic heterocycles. The number of aromatic amines is 1. The van der Waals surface area contributed by atoms with Gasteiger partial charge in [-0.2, -0.15) is 0 Å². The summed E-state index contributed by atoms with van der Waals surface area (Å²) in [6, 6.07) is 13.6. The van der Waals surface area contributed by atoms with Crippen LogP contribution in [-0.2, 0) is 0 Å². The normalized spacial score (nSPS) is 12.7. The standard InChI is InChI=1S/C16H16N2O2/c1-10(19)9-17-16(20)11-6-7-15-13(8-11)12-4-2-3-5-14(12)18-15/h2-8,10,18-19H,9H2,1H3,(H,17,20). The Morgan fingerprint density at radius 1 is 1.20 bits per heavy atom. The summed E-state index contributed by atoms with van der Waals surface area (Å²) in [6.07, 6.45) is -0.546. The fraction of sp³-hybridized carbons (Fsp3) is 0.188. The van der Waals surface area contributed by atoms with Crippen molar-refractivity contribution >= 4 is 27.7 Å². The van der Waals surface area contributed by atoms with Crippen LogP contribution >= 0.6 is 0 Å². The van der Waals surface area contributed by atoms with Crippen molar-refractivity contribution in [1.82, 2.24) is 10.3 Å². The molecule has 1 unspecified atom stereocenters. The fourth-order valence-electron chi connectivity index (χ4n) is 2.33. The molecule has 102 valence electrons. The summed E-state index contributed by atoms with van der Waals surface area (Å²) >= 11 is 0. The minimum atomic E-state index is -0.546. The van der Waals surface area contributed by atoms with Gasteiger partial charge in [-0.05, 0) is 31.2 Å². The smallest absolute Gasteiger partial charge is 0.251 e. The Hall–Kier alpha value is -2.33. The zero-order chi connectivity index (χ0) is 14.1. The molecule has 1 heterocycles. The van der Waals surface area contributed by atoms with E-state index in [2.05, 4.69) is 10.3 Å². The van der Waals surface area contributed by atoms with Crippen molar-refractivity contribution in [2.24, 2.45) is 0 Å². The third-order valence-electron chi connectivity index (χ3n) is 3.33. The maximum atomic E-state index is 12.0. The van der Waals surface area contributed by atoms with Crippen LogP contribution in [0, 0.1) is 0 Å². The molecule has 3 N–H and O–H groups in total. The number of para-hydroxylation sites is 1. The molecule has 0 saturated heterocycles. The highest BCUT2D eigenvalue weighted by Crippen LogP contribution is 2.25. The van der Waals surface area contributed by atoms with Crippen molar-refractivity contribution in [1.29, 1.82) is 0 Å². The molecule has 0 saturated carbocycles. The number of H-pyrrole nitrogens is 1. The molecule has 0 bridgehead atoms. The third kappa shape index (κ3) is 2.26. The molecule has 1 amide bonds. The minimum Gasteiger partial charge on any atom is -0.392 e. The Balaban J connectivity index is 2.01. The van der Waals surface area contributed by atoms with E-state index < -0.39 is 6.10 Å². The van der Waals surface area contributed by atoms with Gasteiger partial charge in [0.2, 0.25) is 0 Å². The van der Waals surface area contributed by atoms with Gasteiger partial charge in [0.1, 0.15) is 0 Å². The minimum absolute atomic E-state index is 0.168. The van der Waals surface area contributed by atoms with Crippen LogP contribution < -0.4 is 5.32 Å². The van der Waals surface area contributed by atoms with Crippen molar-refractivity contribution in [3.05, 3.63) is 48.0 Å². The molecule has 2 aromatic carbocycles. The maximum absolute atomic E-state index is 12.0. The van der Waals surface area contributed by atoms with Crippen molar-refractivity contribution in [2.75, 3.05) is 6.54 Å². The lowest BCUT2D eigenvalue weighted by atomic mass is 10.1. The Morgan fingerprint density at radius 3 is 2.75 bits per heavy atom. The molecule has 0 fully saturated rings. The van der Waals surface area contributed by atoms with E-state index in [1.54, 1.807) is 13.0 Å². The van der Waals surface area contributed by atoms with Crippen LogP contribution in [0.5, 0.6) is 0 Å². The predicted octanol–water partition coefficient (Wildman–Crippen LogP) is 2.43. The van der Waals surface area contributed by atoms with Gasteiger partial charge in [0.25, 0.3) is 5.91 Å². The van der Waals surface area contributed by atoms with Gasteiger partial charge >= 0.3 is 0 Å². The monoisotopic (exact) mass is 268 g/mol. The molecule has 0 aliphatic rings. The molecule has 0 aliphatic heterocycles. The van der Waals surface area contributed by atoms with E-state index in [-0.39, 0.29) is 12.5 Å². The summed E-state index contributed by atoms with van der Waals surface area (Å²) in [5, 5.41) is 14.0. The molecule has 0 radical (unpaired) electrons. The Kier molecular flexibility index (Phi) is 3.16. The molecule has 20 heavy (non-hydrogen) atoms. The number of carbonyl (C=O) groups is 1. The van der Waals surface area contributed by atoms with Gasteiger partial charge < -0.3 is 15.4 Å². The number of benzene rings is 2. The molecule has 4 heteroatoms. The summed E-state index contributed by atoms with van der Waals surface area (Å²) in [5.74, 6) is -0.168. The third-order valence-corrected chi connectivity index (χ3v) is 3.33. The summed E-state index contributed by atoms with van der Waals surface area (Å²) in [5.41, 5.74) is 2.67. The van der Waals surface area contributed by atoms with Crippen LogP contribution in [0.4, 0.5) is 0 Å². The van der Waals surface area contributed by atoms with Crippen LogP contribution in [-0.4, -0.2) is 28.6 Å². The van der Waals surface area contributed by atoms with E-state index in [0.717, 1.165) is 21.8 Å². The second-order valence-electron chi connectivity index (χ2n) is 4.99. The van der Waals surface area contributed by atoms with Crippen molar-refractivity contribution in [2.45, 2.75) is 13.0 Å².